The molecule has 298 valence electrons. The molecule has 2 aromatic carbocycles. The largest absolute Gasteiger partial charge is 0.505 e. The van der Waals surface area contributed by atoms with Gasteiger partial charge in [-0.2, -0.15) is 0 Å². The van der Waals surface area contributed by atoms with Crippen LogP contribution in [0.2, 0.25) is 0 Å². The summed E-state index contributed by atoms with van der Waals surface area (Å²) in [5.41, 5.74) is 0.118. The lowest BCUT2D eigenvalue weighted by Gasteiger charge is -2.27. The highest BCUT2D eigenvalue weighted by molar-refractivity contribution is 9.11. The number of nitrogens with one attached hydrogen (secondary N) is 1. The Balaban J connectivity index is 1.63. The Hall–Kier alpha value is -4.45. The maximum atomic E-state index is 13.2. The summed E-state index contributed by atoms with van der Waals surface area (Å²) in [6, 6.07) is 7.00. The van der Waals surface area contributed by atoms with Crippen molar-refractivity contribution < 1.29 is 63.8 Å². The van der Waals surface area contributed by atoms with Gasteiger partial charge in [-0.25, -0.2) is 4.79 Å². The number of aromatic hydroxyl groups is 1. The second-order valence-electron chi connectivity index (χ2n) is 12.1. The molecule has 1 aliphatic carbocycles. The van der Waals surface area contributed by atoms with Crippen LogP contribution in [-0.4, -0.2) is 140 Å². The predicted molar refractivity (Wildman–Crippen MR) is 212 cm³/mol. The van der Waals surface area contributed by atoms with Gasteiger partial charge in [0.2, 0.25) is 11.3 Å². The van der Waals surface area contributed by atoms with Crippen molar-refractivity contribution in [2.75, 3.05) is 64.2 Å². The van der Waals surface area contributed by atoms with Crippen LogP contribution in [0.25, 0.3) is 33.4 Å². The first-order valence-electron chi connectivity index (χ1n) is 15.9. The molecule has 0 radical (unpaired) electrons. The second-order valence-corrected chi connectivity index (χ2v) is 15.4. The number of carboxylic acid groups (broad SMARTS) is 5. The van der Waals surface area contributed by atoms with Gasteiger partial charge in [-0.05, 0) is 93.5 Å². The summed E-state index contributed by atoms with van der Waals surface area (Å²) in [6.07, 6.45) is 0. The van der Waals surface area contributed by atoms with Gasteiger partial charge >= 0.3 is 29.8 Å². The highest BCUT2D eigenvalue weighted by Gasteiger charge is 2.28. The Labute approximate surface area is 349 Å². The average molecular weight is 1040 g/mol. The first-order chi connectivity index (χ1) is 26.3. The molecule has 1 amide bonds. The number of halogens is 4. The monoisotopic (exact) mass is 1030 g/mol. The van der Waals surface area contributed by atoms with E-state index < -0.39 is 73.9 Å². The van der Waals surface area contributed by atoms with Crippen LogP contribution in [0.1, 0.15) is 10.4 Å². The van der Waals surface area contributed by atoms with Gasteiger partial charge in [0.15, 0.2) is 11.3 Å². The molecule has 1 aliphatic heterocycles. The number of rotatable bonds is 19. The molecule has 0 aromatic heterocycles. The van der Waals surface area contributed by atoms with E-state index in [2.05, 4.69) is 69.0 Å². The van der Waals surface area contributed by atoms with Crippen LogP contribution in [0.3, 0.4) is 0 Å². The highest BCUT2D eigenvalue weighted by atomic mass is 79.9. The summed E-state index contributed by atoms with van der Waals surface area (Å²) in [4.78, 5) is 87.9. The van der Waals surface area contributed by atoms with E-state index in [1.165, 1.54) is 40.1 Å². The standard InChI is InChI=1S/C34H30Br4N4O14/c35-20-8-18-27(19-9-21(36)31(53)29(38)33(19)56-32(18)28(37)30(20)52)16-2-1-15(7-17(16)34(54)55)39-22(43)10-41(12-24(46)47)5-3-40(11-23(44)45)4-6-42(13-25(48)49)14-26(50)51/h1-2,7-9,52H,3-6,10-14H2,(H,39,43)(H,44,45)(H,46,47)(H,48,49)(H,50,51)(H,54,55). The average Bonchev–Trinajstić information content (AvgIpc) is 3.09. The second kappa shape index (κ2) is 19.1. The van der Waals surface area contributed by atoms with Crippen molar-refractivity contribution in [3.63, 3.8) is 0 Å². The molecule has 0 unspecified atom stereocenters. The molecule has 7 N–H and O–H groups in total. The number of hydrogen-bond donors (Lipinski definition) is 7. The van der Waals surface area contributed by atoms with Crippen molar-refractivity contribution in [1.29, 1.82) is 0 Å². The maximum Gasteiger partial charge on any atom is 0.336 e. The van der Waals surface area contributed by atoms with E-state index in [4.69, 9.17) is 14.6 Å². The summed E-state index contributed by atoms with van der Waals surface area (Å²) in [5.74, 6) is -7.46. The Bertz CT molecular complexity index is 2250. The first-order valence-corrected chi connectivity index (χ1v) is 19.1. The molecule has 1 heterocycles. The fourth-order valence-corrected chi connectivity index (χ4v) is 8.14. The number of hydrogen-bond acceptors (Lipinski definition) is 12. The number of carboxylic acids is 5. The van der Waals surface area contributed by atoms with Gasteiger partial charge in [-0.15, -0.1) is 0 Å². The van der Waals surface area contributed by atoms with Crippen molar-refractivity contribution in [1.82, 2.24) is 14.7 Å². The van der Waals surface area contributed by atoms with E-state index in [9.17, 15) is 54.0 Å². The maximum absolute atomic E-state index is 13.2. The summed E-state index contributed by atoms with van der Waals surface area (Å²) >= 11 is 13.1. The van der Waals surface area contributed by atoms with E-state index in [-0.39, 0.29) is 78.0 Å². The Morgan fingerprint density at radius 2 is 1.16 bits per heavy atom. The molecule has 2 aromatic rings. The van der Waals surface area contributed by atoms with Crippen LogP contribution in [0, 0.1) is 0 Å². The van der Waals surface area contributed by atoms with E-state index in [0.717, 1.165) is 4.90 Å². The molecule has 18 nitrogen and oxygen atoms in total. The van der Waals surface area contributed by atoms with Crippen LogP contribution >= 0.6 is 63.7 Å². The zero-order valence-electron chi connectivity index (χ0n) is 28.6. The number of aliphatic carboxylic acids is 4. The summed E-state index contributed by atoms with van der Waals surface area (Å²) in [6.45, 7) is -3.44. The molecule has 0 saturated carbocycles. The van der Waals surface area contributed by atoms with Gasteiger partial charge in [0.25, 0.3) is 0 Å². The van der Waals surface area contributed by atoms with Crippen molar-refractivity contribution in [3.05, 3.63) is 64.0 Å². The number of benzene rings is 3. The van der Waals surface area contributed by atoms with Gasteiger partial charge in [-0.3, -0.25) is 43.5 Å². The number of amides is 1. The predicted octanol–water partition coefficient (Wildman–Crippen LogP) is 4.20. The van der Waals surface area contributed by atoms with Crippen LogP contribution in [0.5, 0.6) is 5.75 Å². The minimum atomic E-state index is -1.40. The Morgan fingerprint density at radius 3 is 1.70 bits per heavy atom. The van der Waals surface area contributed by atoms with Crippen LogP contribution in [0.4, 0.5) is 5.69 Å². The third-order valence-corrected chi connectivity index (χ3v) is 10.7. The number of carbonyl (C=O) groups is 6. The number of carbonyl (C=O) groups excluding carboxylic acids is 1. The molecule has 2 aliphatic rings. The SMILES string of the molecule is O=C(O)CN(CCN(CC(=O)O)CC(=O)O)CCN(CC(=O)O)CC(=O)Nc1ccc(-c2c3cc(Br)c(=O)c(Br)c-3oc3c(Br)c(O)c(Br)cc23)c(C(=O)O)c1. The molecule has 22 heteroatoms. The molecule has 0 bridgehead atoms. The van der Waals surface area contributed by atoms with E-state index >= 15 is 0 Å². The van der Waals surface area contributed by atoms with Crippen LogP contribution in [-0.2, 0) is 24.0 Å². The minimum absolute atomic E-state index is 0.0225. The lowest BCUT2D eigenvalue weighted by molar-refractivity contribution is -0.143. The summed E-state index contributed by atoms with van der Waals surface area (Å²) < 4.78 is 6.58. The lowest BCUT2D eigenvalue weighted by atomic mass is 9.90. The molecular weight excluding hydrogens is 1010 g/mol. The number of aromatic carboxylic acids is 1. The van der Waals surface area contributed by atoms with E-state index in [1.807, 2.05) is 0 Å². The van der Waals surface area contributed by atoms with Crippen molar-refractivity contribution in [3.8, 4) is 28.2 Å². The molecule has 0 atom stereocenters. The smallest absolute Gasteiger partial charge is 0.336 e. The van der Waals surface area contributed by atoms with E-state index in [0.29, 0.717) is 16.5 Å². The molecule has 56 heavy (non-hydrogen) atoms. The highest BCUT2D eigenvalue weighted by Crippen LogP contribution is 2.49. The topological polar surface area (TPSA) is 276 Å². The van der Waals surface area contributed by atoms with Crippen LogP contribution < -0.4 is 10.7 Å². The lowest BCUT2D eigenvalue weighted by Crippen LogP contribution is -2.46. The first kappa shape index (κ1) is 44.3. The van der Waals surface area contributed by atoms with Crippen molar-refractivity contribution >= 4 is 116 Å². The molecule has 0 saturated heterocycles. The molecule has 4 rings (SSSR count). The quantitative estimate of drug-likeness (QED) is 0.0648. The van der Waals surface area contributed by atoms with Crippen LogP contribution in [0.15, 0.2) is 57.4 Å². The molecule has 0 spiro atoms. The summed E-state index contributed by atoms with van der Waals surface area (Å²) in [5, 5.41) is 61.0. The number of anilines is 1. The van der Waals surface area contributed by atoms with E-state index in [1.54, 1.807) is 0 Å². The normalized spacial score (nSPS) is 11.5. The van der Waals surface area contributed by atoms with Gasteiger partial charge < -0.3 is 40.4 Å². The van der Waals surface area contributed by atoms with Gasteiger partial charge in [0.05, 0.1) is 47.2 Å². The minimum Gasteiger partial charge on any atom is -0.505 e. The number of phenols is 1. The van der Waals surface area contributed by atoms with Gasteiger partial charge in [0.1, 0.15) is 14.7 Å². The number of nitrogens with zero attached hydrogens (tertiary/aromatic N) is 3. The van der Waals surface area contributed by atoms with Crippen molar-refractivity contribution in [2.24, 2.45) is 0 Å². The Morgan fingerprint density at radius 1 is 0.643 bits per heavy atom. The fourth-order valence-electron chi connectivity index (χ4n) is 5.73. The third kappa shape index (κ3) is 11.1. The van der Waals surface area contributed by atoms with Gasteiger partial charge in [-0.1, -0.05) is 6.07 Å². The molecule has 0 fully saturated rings. The number of fused-ring (bicyclic) bond motifs is 2. The third-order valence-electron chi connectivity index (χ3n) is 8.09. The van der Waals surface area contributed by atoms with Crippen molar-refractivity contribution in [2.45, 2.75) is 0 Å². The Kier molecular flexibility index (Phi) is 15.1. The summed E-state index contributed by atoms with van der Waals surface area (Å²) in [7, 11) is 0. The molecular formula is C34H30Br4N4O14. The zero-order valence-corrected chi connectivity index (χ0v) is 34.9. The fraction of sp³-hybridized carbons (Fsp3) is 0.265. The van der Waals surface area contributed by atoms with Gasteiger partial charge in [0, 0.05) is 48.4 Å². The number of phenolic OH excluding ortho intramolecular Hbond substituents is 1. The zero-order chi connectivity index (χ0) is 41.6.